The lowest BCUT2D eigenvalue weighted by Gasteiger charge is -2.30. The van der Waals surface area contributed by atoms with E-state index in [2.05, 4.69) is 11.4 Å². The van der Waals surface area contributed by atoms with Crippen LogP contribution in [0, 0.1) is 0 Å². The maximum absolute atomic E-state index is 12.3. The van der Waals surface area contributed by atoms with Crippen LogP contribution in [-0.2, 0) is 17.8 Å². The molecule has 1 amide bonds. The number of rotatable bonds is 2. The van der Waals surface area contributed by atoms with Crippen LogP contribution in [0.3, 0.4) is 0 Å². The smallest absolute Gasteiger partial charge is 0.224 e. The van der Waals surface area contributed by atoms with Gasteiger partial charge in [0, 0.05) is 30.6 Å². The molecule has 19 heavy (non-hydrogen) atoms. The molecule has 2 aliphatic rings. The summed E-state index contributed by atoms with van der Waals surface area (Å²) in [7, 11) is 0. The van der Waals surface area contributed by atoms with E-state index >= 15 is 0 Å². The molecule has 1 N–H and O–H groups in total. The number of carbonyl (C=O) groups excluding carboxylic acids is 1. The molecule has 2 aliphatic heterocycles. The first kappa shape index (κ1) is 12.9. The van der Waals surface area contributed by atoms with Crippen molar-refractivity contribution in [3.05, 3.63) is 34.3 Å². The summed E-state index contributed by atoms with van der Waals surface area (Å²) in [5.41, 5.74) is 2.42. The van der Waals surface area contributed by atoms with Crippen molar-refractivity contribution in [2.45, 2.75) is 38.3 Å². The first-order valence-corrected chi connectivity index (χ1v) is 7.39. The first-order chi connectivity index (χ1) is 9.24. The minimum absolute atomic E-state index is 0.269. The summed E-state index contributed by atoms with van der Waals surface area (Å²) in [6.45, 7) is 2.56. The van der Waals surface area contributed by atoms with Gasteiger partial charge in [-0.1, -0.05) is 23.7 Å². The zero-order valence-electron chi connectivity index (χ0n) is 11.0. The Morgan fingerprint density at radius 3 is 3.16 bits per heavy atom. The molecule has 4 heteroatoms. The number of fused-ring (bicyclic) bond motifs is 1. The maximum atomic E-state index is 12.3. The van der Waals surface area contributed by atoms with Gasteiger partial charge in [-0.3, -0.25) is 4.79 Å². The first-order valence-electron chi connectivity index (χ1n) is 7.01. The van der Waals surface area contributed by atoms with E-state index in [-0.39, 0.29) is 5.91 Å². The molecule has 102 valence electrons. The molecule has 0 radical (unpaired) electrons. The molecule has 1 unspecified atom stereocenters. The molecule has 1 saturated heterocycles. The number of halogens is 1. The fourth-order valence-electron chi connectivity index (χ4n) is 3.05. The molecule has 3 nitrogen and oxygen atoms in total. The fraction of sp³-hybridized carbons (Fsp3) is 0.533. The number of nitrogens with one attached hydrogen (secondary N) is 1. The SMILES string of the molecule is O=C(CC1CCCN1)N1CCc2c(Cl)cccc2C1. The molecular formula is C15H19ClN2O. The zero-order valence-corrected chi connectivity index (χ0v) is 11.7. The Labute approximate surface area is 118 Å². The number of nitrogens with zero attached hydrogens (tertiary/aromatic N) is 1. The van der Waals surface area contributed by atoms with Crippen LogP contribution < -0.4 is 5.32 Å². The molecule has 3 rings (SSSR count). The summed E-state index contributed by atoms with van der Waals surface area (Å²) in [4.78, 5) is 14.3. The summed E-state index contributed by atoms with van der Waals surface area (Å²) in [5, 5.41) is 4.22. The highest BCUT2D eigenvalue weighted by Gasteiger charge is 2.25. The second kappa shape index (κ2) is 5.51. The normalized spacial score (nSPS) is 22.4. The highest BCUT2D eigenvalue weighted by molar-refractivity contribution is 6.31. The lowest BCUT2D eigenvalue weighted by molar-refractivity contribution is -0.132. The topological polar surface area (TPSA) is 32.3 Å². The van der Waals surface area contributed by atoms with Crippen molar-refractivity contribution in [2.75, 3.05) is 13.1 Å². The van der Waals surface area contributed by atoms with Crippen LogP contribution in [0.25, 0.3) is 0 Å². The minimum atomic E-state index is 0.269. The van der Waals surface area contributed by atoms with Gasteiger partial charge in [0.25, 0.3) is 0 Å². The van der Waals surface area contributed by atoms with Gasteiger partial charge in [-0.25, -0.2) is 0 Å². The van der Waals surface area contributed by atoms with Gasteiger partial charge in [0.1, 0.15) is 0 Å². The molecule has 1 fully saturated rings. The fourth-order valence-corrected chi connectivity index (χ4v) is 3.34. The van der Waals surface area contributed by atoms with Gasteiger partial charge in [0.2, 0.25) is 5.91 Å². The molecule has 2 heterocycles. The van der Waals surface area contributed by atoms with Crippen molar-refractivity contribution in [1.29, 1.82) is 0 Å². The lowest BCUT2D eigenvalue weighted by atomic mass is 9.99. The molecule has 0 aliphatic carbocycles. The molecule has 0 spiro atoms. The van der Waals surface area contributed by atoms with E-state index < -0.39 is 0 Å². The number of benzene rings is 1. The molecule has 0 aromatic heterocycles. The Hall–Kier alpha value is -1.06. The number of amides is 1. The van der Waals surface area contributed by atoms with E-state index in [0.29, 0.717) is 19.0 Å². The van der Waals surface area contributed by atoms with Crippen molar-refractivity contribution >= 4 is 17.5 Å². The molecular weight excluding hydrogens is 260 g/mol. The average molecular weight is 279 g/mol. The van der Waals surface area contributed by atoms with Crippen LogP contribution in [0.4, 0.5) is 0 Å². The van der Waals surface area contributed by atoms with E-state index in [1.165, 1.54) is 17.5 Å². The third-order valence-corrected chi connectivity index (χ3v) is 4.50. The van der Waals surface area contributed by atoms with E-state index in [4.69, 9.17) is 11.6 Å². The van der Waals surface area contributed by atoms with Crippen molar-refractivity contribution in [3.8, 4) is 0 Å². The minimum Gasteiger partial charge on any atom is -0.338 e. The Morgan fingerprint density at radius 2 is 2.37 bits per heavy atom. The van der Waals surface area contributed by atoms with Gasteiger partial charge >= 0.3 is 0 Å². The average Bonchev–Trinajstić information content (AvgIpc) is 2.91. The third-order valence-electron chi connectivity index (χ3n) is 4.14. The summed E-state index contributed by atoms with van der Waals surface area (Å²) >= 11 is 6.19. The third kappa shape index (κ3) is 2.77. The molecule has 0 bridgehead atoms. The predicted molar refractivity (Wildman–Crippen MR) is 76.2 cm³/mol. The summed E-state index contributed by atoms with van der Waals surface area (Å²) in [6, 6.07) is 6.36. The van der Waals surface area contributed by atoms with Crippen LogP contribution in [-0.4, -0.2) is 29.9 Å². The van der Waals surface area contributed by atoms with Crippen molar-refractivity contribution in [2.24, 2.45) is 0 Å². The van der Waals surface area contributed by atoms with E-state index in [1.54, 1.807) is 0 Å². The van der Waals surface area contributed by atoms with E-state index in [0.717, 1.165) is 31.0 Å². The van der Waals surface area contributed by atoms with Crippen LogP contribution in [0.15, 0.2) is 18.2 Å². The largest absolute Gasteiger partial charge is 0.338 e. The summed E-state index contributed by atoms with van der Waals surface area (Å²) < 4.78 is 0. The van der Waals surface area contributed by atoms with Gasteiger partial charge in [-0.05, 0) is 43.0 Å². The maximum Gasteiger partial charge on any atom is 0.224 e. The predicted octanol–water partition coefficient (Wildman–Crippen LogP) is 2.37. The number of hydrogen-bond donors (Lipinski definition) is 1. The Morgan fingerprint density at radius 1 is 1.47 bits per heavy atom. The monoisotopic (exact) mass is 278 g/mol. The highest BCUT2D eigenvalue weighted by Crippen LogP contribution is 2.26. The molecule has 0 saturated carbocycles. The van der Waals surface area contributed by atoms with Gasteiger partial charge in [0.15, 0.2) is 0 Å². The second-order valence-electron chi connectivity index (χ2n) is 5.44. The van der Waals surface area contributed by atoms with Gasteiger partial charge < -0.3 is 10.2 Å². The molecule has 1 aromatic carbocycles. The van der Waals surface area contributed by atoms with Crippen LogP contribution >= 0.6 is 11.6 Å². The molecule has 1 aromatic rings. The Bertz CT molecular complexity index is 483. The summed E-state index contributed by atoms with van der Waals surface area (Å²) in [6.07, 6.45) is 3.83. The Kier molecular flexibility index (Phi) is 3.76. The van der Waals surface area contributed by atoms with E-state index in [1.807, 2.05) is 17.0 Å². The van der Waals surface area contributed by atoms with Crippen LogP contribution in [0.2, 0.25) is 5.02 Å². The standard InChI is InChI=1S/C15H19ClN2O/c16-14-5-1-3-11-10-18(8-6-13(11)14)15(19)9-12-4-2-7-17-12/h1,3,5,12,17H,2,4,6-10H2. The van der Waals surface area contributed by atoms with Gasteiger partial charge in [-0.15, -0.1) is 0 Å². The van der Waals surface area contributed by atoms with Crippen LogP contribution in [0.5, 0.6) is 0 Å². The quantitative estimate of drug-likeness (QED) is 0.901. The Balaban J connectivity index is 1.66. The van der Waals surface area contributed by atoms with Gasteiger partial charge in [-0.2, -0.15) is 0 Å². The van der Waals surface area contributed by atoms with Crippen LogP contribution in [0.1, 0.15) is 30.4 Å². The number of hydrogen-bond acceptors (Lipinski definition) is 2. The number of carbonyl (C=O) groups is 1. The second-order valence-corrected chi connectivity index (χ2v) is 5.85. The summed E-state index contributed by atoms with van der Waals surface area (Å²) in [5.74, 6) is 0.269. The van der Waals surface area contributed by atoms with Crippen molar-refractivity contribution in [1.82, 2.24) is 10.2 Å². The highest BCUT2D eigenvalue weighted by atomic mass is 35.5. The van der Waals surface area contributed by atoms with Crippen molar-refractivity contribution in [3.63, 3.8) is 0 Å². The zero-order chi connectivity index (χ0) is 13.2. The van der Waals surface area contributed by atoms with Gasteiger partial charge in [0.05, 0.1) is 0 Å². The van der Waals surface area contributed by atoms with E-state index in [9.17, 15) is 4.79 Å². The molecule has 1 atom stereocenters. The lowest BCUT2D eigenvalue weighted by Crippen LogP contribution is -2.39. The van der Waals surface area contributed by atoms with Crippen molar-refractivity contribution < 1.29 is 4.79 Å².